The second kappa shape index (κ2) is 9.88. The largest absolute Gasteiger partial charge is 0.484 e. The Morgan fingerprint density at radius 1 is 1.12 bits per heavy atom. The highest BCUT2D eigenvalue weighted by molar-refractivity contribution is 6.30. The number of aldehydes is 1. The third-order valence-electron chi connectivity index (χ3n) is 5.49. The zero-order chi connectivity index (χ0) is 23.4. The summed E-state index contributed by atoms with van der Waals surface area (Å²) in [6, 6.07) is 22.0. The molecule has 1 amide bonds. The first kappa shape index (κ1) is 22.6. The fraction of sp³-hybridized carbons (Fsp3) is 0.192. The molecular weight excluding hydrogens is 438 g/mol. The van der Waals surface area contributed by atoms with Crippen molar-refractivity contribution in [3.05, 3.63) is 94.5 Å². The van der Waals surface area contributed by atoms with E-state index in [1.807, 2.05) is 67.5 Å². The van der Waals surface area contributed by atoms with E-state index in [1.54, 1.807) is 24.3 Å². The fourth-order valence-electron chi connectivity index (χ4n) is 3.70. The van der Waals surface area contributed by atoms with Crippen molar-refractivity contribution in [1.29, 1.82) is 0 Å². The summed E-state index contributed by atoms with van der Waals surface area (Å²) in [6.45, 7) is -0.189. The lowest BCUT2D eigenvalue weighted by molar-refractivity contribution is -0.135. The molecule has 6 nitrogen and oxygen atoms in total. The van der Waals surface area contributed by atoms with Crippen LogP contribution in [-0.4, -0.2) is 43.6 Å². The minimum Gasteiger partial charge on any atom is -0.484 e. The van der Waals surface area contributed by atoms with Gasteiger partial charge in [-0.05, 0) is 47.5 Å². The Hall–Kier alpha value is -3.64. The number of hydrazone groups is 1. The lowest BCUT2D eigenvalue weighted by Gasteiger charge is -2.23. The molecule has 168 valence electrons. The number of anilines is 1. The van der Waals surface area contributed by atoms with Gasteiger partial charge < -0.3 is 9.64 Å². The van der Waals surface area contributed by atoms with Crippen LogP contribution in [0.1, 0.15) is 33.9 Å². The molecule has 0 spiro atoms. The van der Waals surface area contributed by atoms with Gasteiger partial charge in [-0.15, -0.1) is 0 Å². The Labute approximate surface area is 198 Å². The second-order valence-corrected chi connectivity index (χ2v) is 8.41. The highest BCUT2D eigenvalue weighted by atomic mass is 35.5. The van der Waals surface area contributed by atoms with Gasteiger partial charge in [0.15, 0.2) is 6.61 Å². The van der Waals surface area contributed by atoms with Gasteiger partial charge >= 0.3 is 0 Å². The van der Waals surface area contributed by atoms with Crippen LogP contribution in [0.25, 0.3) is 0 Å². The monoisotopic (exact) mass is 461 g/mol. The maximum absolute atomic E-state index is 13.2. The number of hydrogen-bond donors (Lipinski definition) is 0. The van der Waals surface area contributed by atoms with Gasteiger partial charge in [-0.3, -0.25) is 9.59 Å². The molecule has 33 heavy (non-hydrogen) atoms. The Bertz CT molecular complexity index is 1170. The second-order valence-electron chi connectivity index (χ2n) is 7.98. The summed E-state index contributed by atoms with van der Waals surface area (Å²) >= 11 is 6.04. The number of ether oxygens (including phenoxy) is 1. The van der Waals surface area contributed by atoms with E-state index < -0.39 is 0 Å². The lowest BCUT2D eigenvalue weighted by atomic mass is 9.98. The number of benzene rings is 3. The average molecular weight is 462 g/mol. The first-order chi connectivity index (χ1) is 15.9. The van der Waals surface area contributed by atoms with E-state index in [0.717, 1.165) is 28.8 Å². The van der Waals surface area contributed by atoms with E-state index in [2.05, 4.69) is 5.10 Å². The van der Waals surface area contributed by atoms with Gasteiger partial charge in [0, 0.05) is 36.8 Å². The summed E-state index contributed by atoms with van der Waals surface area (Å²) in [5, 5.41) is 6.80. The number of hydrogen-bond acceptors (Lipinski definition) is 5. The van der Waals surface area contributed by atoms with Crippen LogP contribution < -0.4 is 9.64 Å². The molecule has 4 rings (SSSR count). The van der Waals surface area contributed by atoms with Crippen LogP contribution >= 0.6 is 11.6 Å². The minimum absolute atomic E-state index is 0.189. The molecular formula is C26H24ClN3O3. The molecule has 0 radical (unpaired) electrons. The SMILES string of the molecule is CN(C)c1ccc(C2CC(c3ccc(Cl)cc3)=NN2C(=O)COc2cccc(C=O)c2)cc1. The lowest BCUT2D eigenvalue weighted by Crippen LogP contribution is -2.31. The summed E-state index contributed by atoms with van der Waals surface area (Å²) in [6.07, 6.45) is 1.32. The summed E-state index contributed by atoms with van der Waals surface area (Å²) in [7, 11) is 3.97. The maximum atomic E-state index is 13.2. The van der Waals surface area contributed by atoms with Crippen molar-refractivity contribution in [2.45, 2.75) is 12.5 Å². The fourth-order valence-corrected chi connectivity index (χ4v) is 3.83. The third-order valence-corrected chi connectivity index (χ3v) is 5.75. The van der Waals surface area contributed by atoms with E-state index >= 15 is 0 Å². The first-order valence-electron chi connectivity index (χ1n) is 10.6. The molecule has 1 unspecified atom stereocenters. The zero-order valence-electron chi connectivity index (χ0n) is 18.4. The highest BCUT2D eigenvalue weighted by Gasteiger charge is 2.33. The van der Waals surface area contributed by atoms with Crippen LogP contribution in [0.15, 0.2) is 77.9 Å². The predicted molar refractivity (Wildman–Crippen MR) is 130 cm³/mol. The zero-order valence-corrected chi connectivity index (χ0v) is 19.2. The third kappa shape index (κ3) is 5.23. The molecule has 0 aliphatic carbocycles. The Morgan fingerprint density at radius 2 is 1.85 bits per heavy atom. The quantitative estimate of drug-likeness (QED) is 0.466. The van der Waals surface area contributed by atoms with Crippen molar-refractivity contribution < 1.29 is 14.3 Å². The van der Waals surface area contributed by atoms with Crippen LogP contribution in [-0.2, 0) is 4.79 Å². The van der Waals surface area contributed by atoms with Gasteiger partial charge in [0.1, 0.15) is 12.0 Å². The topological polar surface area (TPSA) is 62.2 Å². The molecule has 0 saturated heterocycles. The van der Waals surface area contributed by atoms with Crippen molar-refractivity contribution in [1.82, 2.24) is 5.01 Å². The van der Waals surface area contributed by atoms with Crippen LogP contribution in [0.3, 0.4) is 0 Å². The van der Waals surface area contributed by atoms with E-state index in [0.29, 0.717) is 22.8 Å². The maximum Gasteiger partial charge on any atom is 0.281 e. The predicted octanol–water partition coefficient (Wildman–Crippen LogP) is 4.98. The number of halogens is 1. The standard InChI is InChI=1S/C26H24ClN3O3/c1-29(2)22-12-8-20(9-13-22)25-15-24(19-6-10-21(27)11-7-19)28-30(25)26(32)17-33-23-5-3-4-18(14-23)16-31/h3-14,16,25H,15,17H2,1-2H3. The van der Waals surface area contributed by atoms with Crippen molar-refractivity contribution in [3.8, 4) is 5.75 Å². The summed E-state index contributed by atoms with van der Waals surface area (Å²) in [4.78, 5) is 26.2. The highest BCUT2D eigenvalue weighted by Crippen LogP contribution is 2.34. The summed E-state index contributed by atoms with van der Waals surface area (Å²) in [5.74, 6) is 0.193. The molecule has 0 N–H and O–H groups in total. The van der Waals surface area contributed by atoms with Gasteiger partial charge in [-0.2, -0.15) is 5.10 Å². The molecule has 0 fully saturated rings. The average Bonchev–Trinajstić information content (AvgIpc) is 3.29. The molecule has 1 atom stereocenters. The normalized spacial score (nSPS) is 15.2. The van der Waals surface area contributed by atoms with Crippen molar-refractivity contribution >= 4 is 35.2 Å². The number of rotatable bonds is 7. The number of amides is 1. The minimum atomic E-state index is -0.267. The molecule has 0 bridgehead atoms. The molecule has 0 saturated carbocycles. The number of carbonyl (C=O) groups excluding carboxylic acids is 2. The summed E-state index contributed by atoms with van der Waals surface area (Å²) < 4.78 is 5.67. The van der Waals surface area contributed by atoms with E-state index in [4.69, 9.17) is 16.3 Å². The Kier molecular flexibility index (Phi) is 6.75. The van der Waals surface area contributed by atoms with Crippen LogP contribution in [0.2, 0.25) is 5.02 Å². The van der Waals surface area contributed by atoms with E-state index in [-0.39, 0.29) is 18.6 Å². The van der Waals surface area contributed by atoms with Crippen molar-refractivity contribution in [2.24, 2.45) is 5.10 Å². The molecule has 0 aromatic heterocycles. The molecule has 3 aromatic carbocycles. The molecule has 1 aliphatic heterocycles. The number of nitrogens with zero attached hydrogens (tertiary/aromatic N) is 3. The van der Waals surface area contributed by atoms with Crippen molar-refractivity contribution in [3.63, 3.8) is 0 Å². The van der Waals surface area contributed by atoms with Crippen LogP contribution in [0.4, 0.5) is 5.69 Å². The molecule has 1 aliphatic rings. The van der Waals surface area contributed by atoms with E-state index in [9.17, 15) is 9.59 Å². The Balaban J connectivity index is 1.58. The van der Waals surface area contributed by atoms with Gasteiger partial charge in [0.2, 0.25) is 0 Å². The smallest absolute Gasteiger partial charge is 0.281 e. The van der Waals surface area contributed by atoms with Crippen LogP contribution in [0, 0.1) is 0 Å². The van der Waals surface area contributed by atoms with Gasteiger partial charge in [0.05, 0.1) is 11.8 Å². The van der Waals surface area contributed by atoms with Gasteiger partial charge in [-0.1, -0.05) is 48.0 Å². The summed E-state index contributed by atoms with van der Waals surface area (Å²) in [5.41, 5.74) is 4.29. The van der Waals surface area contributed by atoms with E-state index in [1.165, 1.54) is 5.01 Å². The van der Waals surface area contributed by atoms with Crippen molar-refractivity contribution in [2.75, 3.05) is 25.6 Å². The number of carbonyl (C=O) groups is 2. The Morgan fingerprint density at radius 3 is 2.52 bits per heavy atom. The van der Waals surface area contributed by atoms with Gasteiger partial charge in [0.25, 0.3) is 5.91 Å². The molecule has 3 aromatic rings. The van der Waals surface area contributed by atoms with Crippen LogP contribution in [0.5, 0.6) is 5.75 Å². The van der Waals surface area contributed by atoms with Gasteiger partial charge in [-0.25, -0.2) is 5.01 Å². The molecule has 1 heterocycles. The molecule has 7 heteroatoms. The first-order valence-corrected chi connectivity index (χ1v) is 10.9.